The van der Waals surface area contributed by atoms with E-state index >= 15 is 0 Å². The van der Waals surface area contributed by atoms with Crippen molar-refractivity contribution in [2.45, 2.75) is 38.8 Å². The Balaban J connectivity index is 2.25. The molecule has 156 valence electrons. The third-order valence-electron chi connectivity index (χ3n) is 4.66. The molecule has 0 unspecified atom stereocenters. The van der Waals surface area contributed by atoms with Gasteiger partial charge in [-0.3, -0.25) is 9.59 Å². The van der Waals surface area contributed by atoms with Crippen molar-refractivity contribution in [3.05, 3.63) is 70.7 Å². The van der Waals surface area contributed by atoms with Crippen LogP contribution >= 0.6 is 11.6 Å². The first kappa shape index (κ1) is 22.9. The van der Waals surface area contributed by atoms with Crippen LogP contribution in [0, 0.1) is 0 Å². The molecule has 2 amide bonds. The average Bonchev–Trinajstić information content (AvgIpc) is 2.75. The summed E-state index contributed by atoms with van der Waals surface area (Å²) in [5.41, 5.74) is 1.94. The Morgan fingerprint density at radius 2 is 1.76 bits per heavy atom. The van der Waals surface area contributed by atoms with E-state index in [0.717, 1.165) is 17.5 Å². The maximum atomic E-state index is 13.0. The van der Waals surface area contributed by atoms with Crippen molar-refractivity contribution in [3.8, 4) is 0 Å². The number of carbonyl (C=O) groups excluding carboxylic acids is 2. The van der Waals surface area contributed by atoms with Crippen LogP contribution in [0.25, 0.3) is 0 Å². The molecule has 0 spiro atoms. The van der Waals surface area contributed by atoms with Crippen LogP contribution in [-0.2, 0) is 27.3 Å². The van der Waals surface area contributed by atoms with Crippen molar-refractivity contribution in [2.75, 3.05) is 20.3 Å². The summed E-state index contributed by atoms with van der Waals surface area (Å²) in [6.45, 7) is 3.25. The largest absolute Gasteiger partial charge is 0.385 e. The minimum absolute atomic E-state index is 0.0621. The highest BCUT2D eigenvalue weighted by molar-refractivity contribution is 6.30. The summed E-state index contributed by atoms with van der Waals surface area (Å²) in [5.74, 6) is -0.214. The molecule has 0 fully saturated rings. The van der Waals surface area contributed by atoms with Gasteiger partial charge in [0.15, 0.2) is 0 Å². The zero-order chi connectivity index (χ0) is 21.1. The molecule has 0 radical (unpaired) electrons. The average molecular weight is 417 g/mol. The van der Waals surface area contributed by atoms with Gasteiger partial charge in [-0.1, -0.05) is 61.0 Å². The molecule has 1 atom stereocenters. The first-order chi connectivity index (χ1) is 14.0. The van der Waals surface area contributed by atoms with Crippen molar-refractivity contribution >= 4 is 23.4 Å². The van der Waals surface area contributed by atoms with E-state index in [1.807, 2.05) is 49.4 Å². The van der Waals surface area contributed by atoms with E-state index in [4.69, 9.17) is 16.3 Å². The van der Waals surface area contributed by atoms with Crippen molar-refractivity contribution < 1.29 is 14.3 Å². The van der Waals surface area contributed by atoms with Crippen molar-refractivity contribution in [3.63, 3.8) is 0 Å². The van der Waals surface area contributed by atoms with Gasteiger partial charge in [0.1, 0.15) is 6.04 Å². The number of ether oxygens (including phenoxy) is 1. The molecule has 0 heterocycles. The maximum absolute atomic E-state index is 13.0. The SMILES string of the molecule is CCC(=O)N(Cc1ccc(Cl)cc1)[C@@H](Cc1ccccc1)C(=O)NCCCOC. The van der Waals surface area contributed by atoms with Crippen LogP contribution in [-0.4, -0.2) is 43.0 Å². The molecule has 2 aromatic carbocycles. The molecule has 5 nitrogen and oxygen atoms in total. The number of amides is 2. The normalized spacial score (nSPS) is 11.7. The molecule has 29 heavy (non-hydrogen) atoms. The Hall–Kier alpha value is -2.37. The lowest BCUT2D eigenvalue weighted by atomic mass is 10.0. The Kier molecular flexibility index (Phi) is 9.68. The standard InChI is InChI=1S/C23H29ClN2O3/c1-3-22(27)26(17-19-10-12-20(24)13-11-19)21(16-18-8-5-4-6-9-18)23(28)25-14-7-15-29-2/h4-6,8-13,21H,3,7,14-17H2,1-2H3,(H,25,28)/t21-/m0/s1. The predicted molar refractivity (Wildman–Crippen MR) is 116 cm³/mol. The van der Waals surface area contributed by atoms with Crippen LogP contribution in [0.3, 0.4) is 0 Å². The molecule has 0 aromatic heterocycles. The Bertz CT molecular complexity index is 765. The number of nitrogens with zero attached hydrogens (tertiary/aromatic N) is 1. The number of nitrogens with one attached hydrogen (secondary N) is 1. The maximum Gasteiger partial charge on any atom is 0.243 e. The number of rotatable bonds is 11. The first-order valence-electron chi connectivity index (χ1n) is 9.89. The lowest BCUT2D eigenvalue weighted by molar-refractivity contribution is -0.141. The molecular formula is C23H29ClN2O3. The van der Waals surface area contributed by atoms with Gasteiger partial charge in [-0.25, -0.2) is 0 Å². The van der Waals surface area contributed by atoms with Gasteiger partial charge in [0.25, 0.3) is 0 Å². The number of halogens is 1. The highest BCUT2D eigenvalue weighted by Crippen LogP contribution is 2.17. The van der Waals surface area contributed by atoms with Gasteiger partial charge in [0.05, 0.1) is 0 Å². The van der Waals surface area contributed by atoms with E-state index in [9.17, 15) is 9.59 Å². The van der Waals surface area contributed by atoms with Gasteiger partial charge >= 0.3 is 0 Å². The van der Waals surface area contributed by atoms with Crippen LogP contribution in [0.15, 0.2) is 54.6 Å². The lowest BCUT2D eigenvalue weighted by Gasteiger charge is -2.31. The Morgan fingerprint density at radius 3 is 2.38 bits per heavy atom. The molecule has 0 aliphatic rings. The van der Waals surface area contributed by atoms with Crippen LogP contribution < -0.4 is 5.32 Å². The van der Waals surface area contributed by atoms with E-state index in [1.165, 1.54) is 0 Å². The molecule has 0 bridgehead atoms. The topological polar surface area (TPSA) is 58.6 Å². The van der Waals surface area contributed by atoms with Gasteiger partial charge in [0, 0.05) is 44.7 Å². The van der Waals surface area contributed by atoms with Crippen LogP contribution in [0.5, 0.6) is 0 Å². The number of hydrogen-bond donors (Lipinski definition) is 1. The predicted octanol–water partition coefficient (Wildman–Crippen LogP) is 3.84. The summed E-state index contributed by atoms with van der Waals surface area (Å²) < 4.78 is 5.04. The Labute approximate surface area is 178 Å². The molecule has 0 saturated carbocycles. The fourth-order valence-electron chi connectivity index (χ4n) is 3.09. The summed E-state index contributed by atoms with van der Waals surface area (Å²) >= 11 is 5.99. The Morgan fingerprint density at radius 1 is 1.07 bits per heavy atom. The summed E-state index contributed by atoms with van der Waals surface area (Å²) in [4.78, 5) is 27.5. The second-order valence-corrected chi connectivity index (χ2v) is 7.28. The summed E-state index contributed by atoms with van der Waals surface area (Å²) in [6.07, 6.45) is 1.51. The number of carbonyl (C=O) groups is 2. The first-order valence-corrected chi connectivity index (χ1v) is 10.3. The number of hydrogen-bond acceptors (Lipinski definition) is 3. The molecular weight excluding hydrogens is 388 g/mol. The molecule has 0 saturated heterocycles. The lowest BCUT2D eigenvalue weighted by Crippen LogP contribution is -2.50. The molecule has 1 N–H and O–H groups in total. The fraction of sp³-hybridized carbons (Fsp3) is 0.391. The van der Waals surface area contributed by atoms with Crippen LogP contribution in [0.1, 0.15) is 30.9 Å². The monoisotopic (exact) mass is 416 g/mol. The molecule has 2 rings (SSSR count). The van der Waals surface area contributed by atoms with E-state index in [1.54, 1.807) is 24.1 Å². The summed E-state index contributed by atoms with van der Waals surface area (Å²) in [7, 11) is 1.63. The molecule has 2 aromatic rings. The zero-order valence-corrected chi connectivity index (χ0v) is 17.8. The van der Waals surface area contributed by atoms with Gasteiger partial charge in [-0.05, 0) is 29.7 Å². The summed E-state index contributed by atoms with van der Waals surface area (Å²) in [6, 6.07) is 16.5. The number of methoxy groups -OCH3 is 1. The van der Waals surface area contributed by atoms with E-state index in [-0.39, 0.29) is 11.8 Å². The van der Waals surface area contributed by atoms with E-state index < -0.39 is 6.04 Å². The molecule has 6 heteroatoms. The van der Waals surface area contributed by atoms with Crippen molar-refractivity contribution in [1.29, 1.82) is 0 Å². The number of benzene rings is 2. The third-order valence-corrected chi connectivity index (χ3v) is 4.92. The van der Waals surface area contributed by atoms with E-state index in [0.29, 0.717) is 37.6 Å². The highest BCUT2D eigenvalue weighted by Gasteiger charge is 2.29. The second-order valence-electron chi connectivity index (χ2n) is 6.84. The highest BCUT2D eigenvalue weighted by atomic mass is 35.5. The van der Waals surface area contributed by atoms with Gasteiger partial charge in [-0.15, -0.1) is 0 Å². The van der Waals surface area contributed by atoms with Crippen LogP contribution in [0.2, 0.25) is 5.02 Å². The summed E-state index contributed by atoms with van der Waals surface area (Å²) in [5, 5.41) is 3.60. The minimum atomic E-state index is -0.594. The van der Waals surface area contributed by atoms with Crippen LogP contribution in [0.4, 0.5) is 0 Å². The fourth-order valence-corrected chi connectivity index (χ4v) is 3.22. The zero-order valence-electron chi connectivity index (χ0n) is 17.1. The van der Waals surface area contributed by atoms with Gasteiger partial charge in [0.2, 0.25) is 11.8 Å². The molecule has 0 aliphatic heterocycles. The second kappa shape index (κ2) is 12.2. The van der Waals surface area contributed by atoms with Gasteiger partial charge < -0.3 is 15.0 Å². The smallest absolute Gasteiger partial charge is 0.243 e. The minimum Gasteiger partial charge on any atom is -0.385 e. The van der Waals surface area contributed by atoms with E-state index in [2.05, 4.69) is 5.32 Å². The van der Waals surface area contributed by atoms with Crippen molar-refractivity contribution in [1.82, 2.24) is 10.2 Å². The van der Waals surface area contributed by atoms with Gasteiger partial charge in [-0.2, -0.15) is 0 Å². The third kappa shape index (κ3) is 7.52. The quantitative estimate of drug-likeness (QED) is 0.566. The van der Waals surface area contributed by atoms with Crippen molar-refractivity contribution in [2.24, 2.45) is 0 Å². The molecule has 0 aliphatic carbocycles.